The van der Waals surface area contributed by atoms with E-state index in [0.717, 1.165) is 6.07 Å². The molecule has 0 fully saturated rings. The molecule has 0 atom stereocenters. The number of carboxylic acids is 1. The first-order chi connectivity index (χ1) is 9.47. The van der Waals surface area contributed by atoms with Gasteiger partial charge < -0.3 is 9.84 Å². The normalized spacial score (nSPS) is 10.3. The summed E-state index contributed by atoms with van der Waals surface area (Å²) >= 11 is 9.09. The van der Waals surface area contributed by atoms with Crippen LogP contribution in [-0.4, -0.2) is 11.1 Å². The van der Waals surface area contributed by atoms with Gasteiger partial charge in [0.2, 0.25) is 0 Å². The Bertz CT molecular complexity index is 661. The van der Waals surface area contributed by atoms with Crippen LogP contribution in [0.5, 0.6) is 5.75 Å². The lowest BCUT2D eigenvalue weighted by molar-refractivity contribution is 0.0696. The van der Waals surface area contributed by atoms with E-state index in [4.69, 9.17) is 21.4 Å². The molecule has 20 heavy (non-hydrogen) atoms. The average Bonchev–Trinajstić information content (AvgIpc) is 2.38. The lowest BCUT2D eigenvalue weighted by Crippen LogP contribution is -2.02. The summed E-state index contributed by atoms with van der Waals surface area (Å²) in [6.45, 7) is -0.00797. The van der Waals surface area contributed by atoms with Crippen molar-refractivity contribution < 1.29 is 19.0 Å². The lowest BCUT2D eigenvalue weighted by atomic mass is 10.1. The Hall–Kier alpha value is -1.59. The van der Waals surface area contributed by atoms with Gasteiger partial charge in [-0.1, -0.05) is 17.7 Å². The maximum absolute atomic E-state index is 13.7. The molecule has 0 aliphatic rings. The number of benzene rings is 2. The predicted molar refractivity (Wildman–Crippen MR) is 76.8 cm³/mol. The molecule has 0 heterocycles. The zero-order valence-electron chi connectivity index (χ0n) is 10.1. The Balaban J connectivity index is 2.13. The number of aromatic carboxylic acids is 1. The van der Waals surface area contributed by atoms with Gasteiger partial charge in [-0.25, -0.2) is 9.18 Å². The van der Waals surface area contributed by atoms with Crippen molar-refractivity contribution >= 4 is 33.5 Å². The summed E-state index contributed by atoms with van der Waals surface area (Å²) in [6, 6.07) is 8.68. The summed E-state index contributed by atoms with van der Waals surface area (Å²) in [5.41, 5.74) is 0.177. The summed E-state index contributed by atoms with van der Waals surface area (Å²) in [5, 5.41) is 9.31. The van der Waals surface area contributed by atoms with Crippen molar-refractivity contribution in [2.24, 2.45) is 0 Å². The molecule has 0 bridgehead atoms. The molecule has 0 radical (unpaired) electrons. The third kappa shape index (κ3) is 3.49. The molecular weight excluding hydrogens is 351 g/mol. The molecule has 0 aromatic heterocycles. The zero-order valence-corrected chi connectivity index (χ0v) is 12.4. The van der Waals surface area contributed by atoms with E-state index >= 15 is 0 Å². The van der Waals surface area contributed by atoms with Gasteiger partial charge in [-0.3, -0.25) is 0 Å². The number of carbonyl (C=O) groups is 1. The van der Waals surface area contributed by atoms with Crippen LogP contribution in [0.1, 0.15) is 15.9 Å². The summed E-state index contributed by atoms with van der Waals surface area (Å²) in [5.74, 6) is -1.26. The van der Waals surface area contributed by atoms with E-state index in [9.17, 15) is 9.18 Å². The van der Waals surface area contributed by atoms with Crippen LogP contribution in [0.4, 0.5) is 4.39 Å². The highest BCUT2D eigenvalue weighted by atomic mass is 79.9. The fourth-order valence-corrected chi connectivity index (χ4v) is 2.34. The van der Waals surface area contributed by atoms with Crippen molar-refractivity contribution in [3.8, 4) is 5.75 Å². The van der Waals surface area contributed by atoms with Gasteiger partial charge in [-0.05, 0) is 46.3 Å². The first kappa shape index (κ1) is 14.8. The maximum atomic E-state index is 13.7. The Morgan fingerprint density at radius 2 is 2.05 bits per heavy atom. The Kier molecular flexibility index (Phi) is 4.62. The molecule has 2 rings (SSSR count). The van der Waals surface area contributed by atoms with Crippen LogP contribution in [0.2, 0.25) is 5.02 Å². The Morgan fingerprint density at radius 3 is 2.65 bits per heavy atom. The smallest absolute Gasteiger partial charge is 0.335 e. The highest BCUT2D eigenvalue weighted by molar-refractivity contribution is 9.10. The first-order valence-corrected chi connectivity index (χ1v) is 6.74. The topological polar surface area (TPSA) is 46.5 Å². The maximum Gasteiger partial charge on any atom is 0.335 e. The third-order valence-electron chi connectivity index (χ3n) is 2.58. The Labute approximate surface area is 128 Å². The number of hydrogen-bond donors (Lipinski definition) is 1. The summed E-state index contributed by atoms with van der Waals surface area (Å²) in [7, 11) is 0. The van der Waals surface area contributed by atoms with Crippen LogP contribution in [0, 0.1) is 5.82 Å². The van der Waals surface area contributed by atoms with Gasteiger partial charge in [0, 0.05) is 10.6 Å². The minimum atomic E-state index is -1.17. The van der Waals surface area contributed by atoms with E-state index in [0.29, 0.717) is 15.2 Å². The van der Waals surface area contributed by atoms with Crippen molar-refractivity contribution in [2.45, 2.75) is 6.61 Å². The molecule has 1 N–H and O–H groups in total. The van der Waals surface area contributed by atoms with E-state index in [1.165, 1.54) is 12.1 Å². The van der Waals surface area contributed by atoms with Crippen molar-refractivity contribution in [2.75, 3.05) is 0 Å². The van der Waals surface area contributed by atoms with E-state index < -0.39 is 11.8 Å². The fourth-order valence-electron chi connectivity index (χ4n) is 1.55. The summed E-state index contributed by atoms with van der Waals surface area (Å²) in [4.78, 5) is 10.7. The van der Waals surface area contributed by atoms with Crippen LogP contribution in [-0.2, 0) is 6.61 Å². The molecular formula is C14H9BrClFO3. The van der Waals surface area contributed by atoms with Gasteiger partial charge in [-0.2, -0.15) is 0 Å². The molecule has 3 nitrogen and oxygen atoms in total. The highest BCUT2D eigenvalue weighted by Crippen LogP contribution is 2.28. The van der Waals surface area contributed by atoms with Gasteiger partial charge in [0.05, 0.1) is 10.0 Å². The van der Waals surface area contributed by atoms with Gasteiger partial charge in [0.1, 0.15) is 18.2 Å². The van der Waals surface area contributed by atoms with Crippen LogP contribution in [0.25, 0.3) is 0 Å². The van der Waals surface area contributed by atoms with Gasteiger partial charge >= 0.3 is 5.97 Å². The second-order valence-electron chi connectivity index (χ2n) is 3.97. The molecule has 0 unspecified atom stereocenters. The molecule has 0 saturated carbocycles. The third-order valence-corrected chi connectivity index (χ3v) is 3.43. The van der Waals surface area contributed by atoms with Crippen LogP contribution >= 0.6 is 27.5 Å². The summed E-state index contributed by atoms with van der Waals surface area (Å²) < 4.78 is 19.8. The second-order valence-corrected chi connectivity index (χ2v) is 5.27. The largest absolute Gasteiger partial charge is 0.488 e. The van der Waals surface area contributed by atoms with Crippen molar-refractivity contribution in [1.29, 1.82) is 0 Å². The highest BCUT2D eigenvalue weighted by Gasteiger charge is 2.09. The SMILES string of the molecule is O=C(O)c1ccc(COc2ccc(Cl)cc2Br)c(F)c1. The fraction of sp³-hybridized carbons (Fsp3) is 0.0714. The summed E-state index contributed by atoms with van der Waals surface area (Å²) in [6.07, 6.45) is 0. The Morgan fingerprint density at radius 1 is 1.30 bits per heavy atom. The minimum Gasteiger partial charge on any atom is -0.488 e. The number of halogens is 3. The molecule has 6 heteroatoms. The number of carboxylic acid groups (broad SMARTS) is 1. The molecule has 2 aromatic rings. The average molecular weight is 360 g/mol. The molecule has 0 saturated heterocycles. The first-order valence-electron chi connectivity index (χ1n) is 5.57. The monoisotopic (exact) mass is 358 g/mol. The lowest BCUT2D eigenvalue weighted by Gasteiger charge is -2.09. The van der Waals surface area contributed by atoms with Crippen LogP contribution in [0.3, 0.4) is 0 Å². The number of ether oxygens (including phenoxy) is 1. The number of hydrogen-bond acceptors (Lipinski definition) is 2. The molecule has 0 aliphatic carbocycles. The van der Waals surface area contributed by atoms with Gasteiger partial charge in [-0.15, -0.1) is 0 Å². The van der Waals surface area contributed by atoms with Crippen LogP contribution < -0.4 is 4.74 Å². The number of rotatable bonds is 4. The van der Waals surface area contributed by atoms with Gasteiger partial charge in [0.15, 0.2) is 0 Å². The second kappa shape index (κ2) is 6.24. The van der Waals surface area contributed by atoms with E-state index in [-0.39, 0.29) is 17.7 Å². The molecule has 0 aliphatic heterocycles. The van der Waals surface area contributed by atoms with E-state index in [1.807, 2.05) is 0 Å². The molecule has 2 aromatic carbocycles. The molecule has 0 amide bonds. The van der Waals surface area contributed by atoms with Crippen molar-refractivity contribution in [1.82, 2.24) is 0 Å². The van der Waals surface area contributed by atoms with E-state index in [1.54, 1.807) is 18.2 Å². The van der Waals surface area contributed by atoms with Gasteiger partial charge in [0.25, 0.3) is 0 Å². The minimum absolute atomic E-state index is 0.00797. The molecule has 0 spiro atoms. The van der Waals surface area contributed by atoms with Crippen LogP contribution in [0.15, 0.2) is 40.9 Å². The van der Waals surface area contributed by atoms with Crippen molar-refractivity contribution in [3.05, 3.63) is 62.8 Å². The standard InChI is InChI=1S/C14H9BrClFO3/c15-11-6-10(16)3-4-13(11)20-7-9-2-1-8(14(18)19)5-12(9)17/h1-6H,7H2,(H,18,19). The van der Waals surface area contributed by atoms with E-state index in [2.05, 4.69) is 15.9 Å². The molecule has 104 valence electrons. The predicted octanol–water partition coefficient (Wildman–Crippen LogP) is 4.52. The quantitative estimate of drug-likeness (QED) is 0.873. The zero-order chi connectivity index (χ0) is 14.7. The van der Waals surface area contributed by atoms with Crippen molar-refractivity contribution in [3.63, 3.8) is 0 Å².